The monoisotopic (exact) mass is 220 g/mol. The lowest BCUT2D eigenvalue weighted by Gasteiger charge is -2.28. The van der Waals surface area contributed by atoms with Gasteiger partial charge in [-0.15, -0.1) is 0 Å². The molecule has 0 unspecified atom stereocenters. The highest BCUT2D eigenvalue weighted by Gasteiger charge is 2.20. The van der Waals surface area contributed by atoms with Crippen LogP contribution in [0.5, 0.6) is 0 Å². The number of hydrogen-bond acceptors (Lipinski definition) is 0. The molecule has 1 rings (SSSR count). The molecule has 0 aromatic heterocycles. The van der Waals surface area contributed by atoms with Crippen LogP contribution < -0.4 is 0 Å². The van der Waals surface area contributed by atoms with Crippen molar-refractivity contribution in [1.29, 1.82) is 0 Å². The first-order valence-corrected chi connectivity index (χ1v) is 6.73. The molecule has 1 aliphatic rings. The minimum atomic E-state index is 0.647. The summed E-state index contributed by atoms with van der Waals surface area (Å²) in [5.74, 6) is 0. The molecular weight excluding hydrogens is 208 g/mol. The van der Waals surface area contributed by atoms with E-state index in [0.29, 0.717) is 22.2 Å². The SMILES string of the molecule is [Si]C1CC([Si])CC([Si])CC([Si])C1. The molecule has 0 spiro atoms. The van der Waals surface area contributed by atoms with E-state index in [2.05, 4.69) is 41.0 Å². The Morgan fingerprint density at radius 3 is 0.833 bits per heavy atom. The summed E-state index contributed by atoms with van der Waals surface area (Å²) in [4.78, 5) is 0. The zero-order chi connectivity index (χ0) is 9.14. The molecule has 0 aromatic carbocycles. The zero-order valence-electron chi connectivity index (χ0n) is 7.14. The first-order chi connectivity index (χ1) is 5.58. The first kappa shape index (κ1) is 10.9. The van der Waals surface area contributed by atoms with Gasteiger partial charge in [-0.2, -0.15) is 0 Å². The molecule has 1 aliphatic carbocycles. The molecule has 0 nitrogen and oxygen atoms in total. The van der Waals surface area contributed by atoms with Crippen LogP contribution in [0.2, 0.25) is 22.2 Å². The lowest BCUT2D eigenvalue weighted by Crippen LogP contribution is -2.12. The molecule has 4 heteroatoms. The third-order valence-corrected chi connectivity index (χ3v) is 4.16. The summed E-state index contributed by atoms with van der Waals surface area (Å²) in [5, 5.41) is 0. The van der Waals surface area contributed by atoms with Crippen molar-refractivity contribution in [2.75, 3.05) is 0 Å². The van der Waals surface area contributed by atoms with E-state index in [-0.39, 0.29) is 0 Å². The van der Waals surface area contributed by atoms with Gasteiger partial charge in [-0.25, -0.2) is 0 Å². The summed E-state index contributed by atoms with van der Waals surface area (Å²) < 4.78 is 0. The molecular formula is C8H12Si4. The summed E-state index contributed by atoms with van der Waals surface area (Å²) in [5.41, 5.74) is 2.59. The normalized spacial score (nSPS) is 45.0. The van der Waals surface area contributed by atoms with E-state index >= 15 is 0 Å². The van der Waals surface area contributed by atoms with Crippen molar-refractivity contribution < 1.29 is 0 Å². The van der Waals surface area contributed by atoms with Crippen LogP contribution in [0.25, 0.3) is 0 Å². The lowest BCUT2D eigenvalue weighted by molar-refractivity contribution is 0.504. The highest BCUT2D eigenvalue weighted by molar-refractivity contribution is 6.18. The minimum absolute atomic E-state index is 0.647. The van der Waals surface area contributed by atoms with Gasteiger partial charge < -0.3 is 0 Å². The fourth-order valence-electron chi connectivity index (χ4n) is 1.76. The summed E-state index contributed by atoms with van der Waals surface area (Å²) in [6, 6.07) is 0. The number of rotatable bonds is 0. The van der Waals surface area contributed by atoms with Crippen molar-refractivity contribution >= 4 is 41.0 Å². The maximum absolute atomic E-state index is 3.75. The Morgan fingerprint density at radius 1 is 0.500 bits per heavy atom. The van der Waals surface area contributed by atoms with Crippen molar-refractivity contribution in [3.05, 3.63) is 0 Å². The topological polar surface area (TPSA) is 0 Å². The van der Waals surface area contributed by atoms with Crippen LogP contribution in [0, 0.1) is 0 Å². The molecule has 1 saturated carbocycles. The zero-order valence-corrected chi connectivity index (χ0v) is 11.1. The summed E-state index contributed by atoms with van der Waals surface area (Å²) in [7, 11) is 15.0. The molecule has 0 N–H and O–H groups in total. The van der Waals surface area contributed by atoms with Crippen LogP contribution >= 0.6 is 0 Å². The summed E-state index contributed by atoms with van der Waals surface area (Å²) in [6.07, 6.45) is 4.87. The Morgan fingerprint density at radius 2 is 0.667 bits per heavy atom. The predicted octanol–water partition coefficient (Wildman–Crippen LogP) is 1.39. The molecule has 0 heterocycles. The van der Waals surface area contributed by atoms with E-state index in [1.165, 1.54) is 25.7 Å². The molecule has 1 fully saturated rings. The Kier molecular flexibility index (Phi) is 4.49. The van der Waals surface area contributed by atoms with Gasteiger partial charge in [0.05, 0.1) is 0 Å². The molecule has 0 saturated heterocycles. The molecule has 12 radical (unpaired) electrons. The van der Waals surface area contributed by atoms with E-state index in [1.807, 2.05) is 0 Å². The van der Waals surface area contributed by atoms with Crippen molar-refractivity contribution in [2.45, 2.75) is 47.8 Å². The Labute approximate surface area is 89.0 Å². The Bertz CT molecular complexity index is 99.0. The van der Waals surface area contributed by atoms with Gasteiger partial charge in [0, 0.05) is 41.0 Å². The smallest absolute Gasteiger partial charge is 0.0266 e. The number of hydrogen-bond donors (Lipinski definition) is 0. The average molecular weight is 221 g/mol. The van der Waals surface area contributed by atoms with Crippen LogP contribution in [-0.4, -0.2) is 41.0 Å². The summed E-state index contributed by atoms with van der Waals surface area (Å²) in [6.45, 7) is 0. The summed E-state index contributed by atoms with van der Waals surface area (Å²) >= 11 is 0. The van der Waals surface area contributed by atoms with E-state index in [9.17, 15) is 0 Å². The standard InChI is InChI=1S/C8H12Si4/c9-5-1-6(10)3-8(12)4-7(11)2-5/h5-8H,1-4H2. The largest absolute Gasteiger partial charge is 0.0537 e. The molecule has 12 heavy (non-hydrogen) atoms. The van der Waals surface area contributed by atoms with Crippen LogP contribution in [0.3, 0.4) is 0 Å². The van der Waals surface area contributed by atoms with Crippen molar-refractivity contribution in [2.24, 2.45) is 0 Å². The molecule has 0 amide bonds. The quantitative estimate of drug-likeness (QED) is 0.541. The van der Waals surface area contributed by atoms with Gasteiger partial charge in [-0.1, -0.05) is 47.8 Å². The second kappa shape index (κ2) is 4.93. The van der Waals surface area contributed by atoms with Crippen LogP contribution in [0.1, 0.15) is 25.7 Å². The molecule has 0 atom stereocenters. The Hall–Kier alpha value is 0.868. The van der Waals surface area contributed by atoms with E-state index < -0.39 is 0 Å². The van der Waals surface area contributed by atoms with Gasteiger partial charge in [0.15, 0.2) is 0 Å². The third kappa shape index (κ3) is 3.72. The second-order valence-corrected chi connectivity index (χ2v) is 7.00. The van der Waals surface area contributed by atoms with Crippen molar-refractivity contribution in [3.8, 4) is 0 Å². The fourth-order valence-corrected chi connectivity index (χ4v) is 4.98. The second-order valence-electron chi connectivity index (χ2n) is 3.73. The highest BCUT2D eigenvalue weighted by atomic mass is 28.2. The highest BCUT2D eigenvalue weighted by Crippen LogP contribution is 2.38. The predicted molar refractivity (Wildman–Crippen MR) is 56.5 cm³/mol. The lowest BCUT2D eigenvalue weighted by atomic mass is 9.98. The molecule has 0 aliphatic heterocycles. The third-order valence-electron chi connectivity index (χ3n) is 2.28. The van der Waals surface area contributed by atoms with Crippen LogP contribution in [-0.2, 0) is 0 Å². The Balaban J connectivity index is 2.45. The minimum Gasteiger partial charge on any atom is -0.0537 e. The molecule has 0 bridgehead atoms. The fraction of sp³-hybridized carbons (Fsp3) is 1.00. The van der Waals surface area contributed by atoms with Gasteiger partial charge in [0.25, 0.3) is 0 Å². The molecule has 0 aromatic rings. The van der Waals surface area contributed by atoms with E-state index in [1.54, 1.807) is 0 Å². The van der Waals surface area contributed by atoms with Crippen LogP contribution in [0.15, 0.2) is 0 Å². The van der Waals surface area contributed by atoms with Gasteiger partial charge in [-0.3, -0.25) is 0 Å². The maximum Gasteiger partial charge on any atom is 0.0266 e. The van der Waals surface area contributed by atoms with Gasteiger partial charge in [0.2, 0.25) is 0 Å². The maximum atomic E-state index is 3.75. The van der Waals surface area contributed by atoms with Gasteiger partial charge in [0.1, 0.15) is 0 Å². The van der Waals surface area contributed by atoms with E-state index in [0.717, 1.165) is 0 Å². The average Bonchev–Trinajstić information content (AvgIpc) is 1.81. The van der Waals surface area contributed by atoms with Crippen molar-refractivity contribution in [1.82, 2.24) is 0 Å². The molecule has 60 valence electrons. The first-order valence-electron chi connectivity index (χ1n) is 4.42. The van der Waals surface area contributed by atoms with Gasteiger partial charge >= 0.3 is 0 Å². The van der Waals surface area contributed by atoms with Gasteiger partial charge in [-0.05, 0) is 0 Å². The van der Waals surface area contributed by atoms with Crippen molar-refractivity contribution in [3.63, 3.8) is 0 Å². The van der Waals surface area contributed by atoms with Crippen LogP contribution in [0.4, 0.5) is 0 Å². The van der Waals surface area contributed by atoms with E-state index in [4.69, 9.17) is 0 Å².